The van der Waals surface area contributed by atoms with Gasteiger partial charge in [0.2, 0.25) is 5.91 Å². The highest BCUT2D eigenvalue weighted by atomic mass is 16.5. The van der Waals surface area contributed by atoms with Crippen LogP contribution < -0.4 is 4.74 Å². The quantitative estimate of drug-likeness (QED) is 0.877. The Morgan fingerprint density at radius 3 is 2.57 bits per heavy atom. The summed E-state index contributed by atoms with van der Waals surface area (Å²) in [5, 5.41) is 10.9. The number of benzene rings is 2. The molecule has 0 radical (unpaired) electrons. The third-order valence-electron chi connectivity index (χ3n) is 6.22. The fraction of sp³-hybridized carbons (Fsp3) is 0.458. The minimum absolute atomic E-state index is 0.0278. The number of fused-ring (bicyclic) bond motifs is 1. The van der Waals surface area contributed by atoms with E-state index in [1.807, 2.05) is 55.1 Å². The monoisotopic (exact) mass is 379 g/mol. The predicted octanol–water partition coefficient (Wildman–Crippen LogP) is 3.87. The van der Waals surface area contributed by atoms with E-state index in [2.05, 4.69) is 12.1 Å². The van der Waals surface area contributed by atoms with Gasteiger partial charge in [-0.2, -0.15) is 0 Å². The molecule has 1 fully saturated rings. The van der Waals surface area contributed by atoms with Crippen molar-refractivity contribution in [1.82, 2.24) is 4.90 Å². The van der Waals surface area contributed by atoms with Crippen LogP contribution >= 0.6 is 0 Å². The molecular formula is C24H29NO3. The summed E-state index contributed by atoms with van der Waals surface area (Å²) in [7, 11) is 0. The molecule has 0 aromatic heterocycles. The number of aliphatic hydroxyl groups is 1. The third kappa shape index (κ3) is 3.53. The van der Waals surface area contributed by atoms with Crippen LogP contribution in [0.4, 0.5) is 0 Å². The average Bonchev–Trinajstić information content (AvgIpc) is 3.25. The number of nitrogens with zero attached hydrogens (tertiary/aromatic N) is 1. The number of aliphatic hydroxyl groups excluding tert-OH is 1. The summed E-state index contributed by atoms with van der Waals surface area (Å²) in [4.78, 5) is 15.0. The molecule has 0 bridgehead atoms. The SMILES string of the molecule is CC(C)(C(=O)N1CCCC1)c1ccc2c(c1)OC[C@H](Cc1ccccc1)[C@H]2O. The fourth-order valence-electron chi connectivity index (χ4n) is 4.36. The van der Waals surface area contributed by atoms with Gasteiger partial charge in [0.25, 0.3) is 0 Å². The molecule has 2 heterocycles. The van der Waals surface area contributed by atoms with Crippen LogP contribution in [0.15, 0.2) is 48.5 Å². The van der Waals surface area contributed by atoms with Gasteiger partial charge in [-0.05, 0) is 50.3 Å². The number of ether oxygens (including phenoxy) is 1. The first kappa shape index (κ1) is 19.0. The van der Waals surface area contributed by atoms with Crippen molar-refractivity contribution in [2.45, 2.75) is 44.6 Å². The van der Waals surface area contributed by atoms with Crippen molar-refractivity contribution in [3.8, 4) is 5.75 Å². The van der Waals surface area contributed by atoms with Crippen LogP contribution in [0.2, 0.25) is 0 Å². The van der Waals surface area contributed by atoms with Gasteiger partial charge < -0.3 is 14.7 Å². The van der Waals surface area contributed by atoms with Crippen LogP contribution in [0.1, 0.15) is 49.5 Å². The molecule has 1 saturated heterocycles. The Morgan fingerprint density at radius 2 is 1.86 bits per heavy atom. The second-order valence-electron chi connectivity index (χ2n) is 8.58. The maximum absolute atomic E-state index is 13.0. The highest BCUT2D eigenvalue weighted by molar-refractivity contribution is 5.87. The lowest BCUT2D eigenvalue weighted by molar-refractivity contribution is -0.135. The second-order valence-corrected chi connectivity index (χ2v) is 8.58. The molecule has 2 aliphatic heterocycles. The molecule has 1 amide bonds. The molecule has 148 valence electrons. The Bertz CT molecular complexity index is 840. The maximum Gasteiger partial charge on any atom is 0.232 e. The second kappa shape index (κ2) is 7.59. The number of amides is 1. The van der Waals surface area contributed by atoms with Crippen LogP contribution in [-0.4, -0.2) is 35.6 Å². The smallest absolute Gasteiger partial charge is 0.232 e. The Morgan fingerprint density at radius 1 is 1.14 bits per heavy atom. The first-order valence-corrected chi connectivity index (χ1v) is 10.3. The number of carbonyl (C=O) groups is 1. The summed E-state index contributed by atoms with van der Waals surface area (Å²) in [5.41, 5.74) is 2.36. The lowest BCUT2D eigenvalue weighted by Crippen LogP contribution is -2.42. The molecule has 0 spiro atoms. The van der Waals surface area contributed by atoms with E-state index in [0.717, 1.165) is 43.5 Å². The summed E-state index contributed by atoms with van der Waals surface area (Å²) in [5.74, 6) is 0.903. The standard InChI is InChI=1S/C24H29NO3/c1-24(2,23(27)25-12-6-7-13-25)19-10-11-20-21(15-19)28-16-18(22(20)26)14-17-8-4-3-5-9-17/h3-5,8-11,15,18,22,26H,6-7,12-14,16H2,1-2H3/t18-,22+/m0/s1. The summed E-state index contributed by atoms with van der Waals surface area (Å²) in [6.07, 6.45) is 2.39. The van der Waals surface area contributed by atoms with Crippen molar-refractivity contribution in [3.05, 3.63) is 65.2 Å². The van der Waals surface area contributed by atoms with E-state index in [-0.39, 0.29) is 11.8 Å². The van der Waals surface area contributed by atoms with Crippen molar-refractivity contribution in [1.29, 1.82) is 0 Å². The molecule has 4 heteroatoms. The molecule has 0 saturated carbocycles. The summed E-state index contributed by atoms with van der Waals surface area (Å²) < 4.78 is 6.03. The Kier molecular flexibility index (Phi) is 5.15. The minimum atomic E-state index is -0.603. The lowest BCUT2D eigenvalue weighted by atomic mass is 9.81. The molecule has 28 heavy (non-hydrogen) atoms. The molecule has 2 aromatic rings. The number of rotatable bonds is 4. The van der Waals surface area contributed by atoms with E-state index in [9.17, 15) is 9.90 Å². The van der Waals surface area contributed by atoms with Crippen LogP contribution in [-0.2, 0) is 16.6 Å². The molecule has 1 N–H and O–H groups in total. The highest BCUT2D eigenvalue weighted by Crippen LogP contribution is 2.40. The Labute approximate surface area is 167 Å². The van der Waals surface area contributed by atoms with Gasteiger partial charge in [-0.25, -0.2) is 0 Å². The van der Waals surface area contributed by atoms with Gasteiger partial charge in [-0.1, -0.05) is 42.5 Å². The minimum Gasteiger partial charge on any atom is -0.493 e. The van der Waals surface area contributed by atoms with E-state index in [4.69, 9.17) is 4.74 Å². The van der Waals surface area contributed by atoms with E-state index in [0.29, 0.717) is 12.4 Å². The zero-order valence-electron chi connectivity index (χ0n) is 16.7. The maximum atomic E-state index is 13.0. The topological polar surface area (TPSA) is 49.8 Å². The van der Waals surface area contributed by atoms with Crippen molar-refractivity contribution >= 4 is 5.91 Å². The molecule has 2 aromatic carbocycles. The molecule has 0 unspecified atom stereocenters. The molecule has 2 aliphatic rings. The predicted molar refractivity (Wildman–Crippen MR) is 109 cm³/mol. The summed E-state index contributed by atoms with van der Waals surface area (Å²) in [6, 6.07) is 16.1. The van der Waals surface area contributed by atoms with Crippen molar-refractivity contribution in [2.75, 3.05) is 19.7 Å². The lowest BCUT2D eigenvalue weighted by Gasteiger charge is -2.33. The van der Waals surface area contributed by atoms with Crippen molar-refractivity contribution in [3.63, 3.8) is 0 Å². The molecule has 2 atom stereocenters. The van der Waals surface area contributed by atoms with Gasteiger partial charge in [0, 0.05) is 24.6 Å². The van der Waals surface area contributed by atoms with Crippen LogP contribution in [0.25, 0.3) is 0 Å². The van der Waals surface area contributed by atoms with E-state index >= 15 is 0 Å². The molecule has 4 nitrogen and oxygen atoms in total. The van der Waals surface area contributed by atoms with Gasteiger partial charge in [-0.15, -0.1) is 0 Å². The van der Waals surface area contributed by atoms with E-state index < -0.39 is 11.5 Å². The fourth-order valence-corrected chi connectivity index (χ4v) is 4.36. The van der Waals surface area contributed by atoms with Crippen LogP contribution in [0.5, 0.6) is 5.75 Å². The van der Waals surface area contributed by atoms with Gasteiger partial charge >= 0.3 is 0 Å². The number of hydrogen-bond donors (Lipinski definition) is 1. The summed E-state index contributed by atoms with van der Waals surface area (Å²) in [6.45, 7) is 6.14. The van der Waals surface area contributed by atoms with Gasteiger partial charge in [-0.3, -0.25) is 4.79 Å². The molecule has 0 aliphatic carbocycles. The van der Waals surface area contributed by atoms with Gasteiger partial charge in [0.1, 0.15) is 5.75 Å². The number of carbonyl (C=O) groups excluding carboxylic acids is 1. The summed E-state index contributed by atoms with van der Waals surface area (Å²) >= 11 is 0. The molecule has 4 rings (SSSR count). The van der Waals surface area contributed by atoms with E-state index in [1.54, 1.807) is 0 Å². The molecular weight excluding hydrogens is 350 g/mol. The zero-order chi connectivity index (χ0) is 19.7. The van der Waals surface area contributed by atoms with Gasteiger partial charge in [0.05, 0.1) is 18.1 Å². The first-order valence-electron chi connectivity index (χ1n) is 10.3. The normalized spacial score (nSPS) is 21.9. The van der Waals surface area contributed by atoms with Crippen molar-refractivity contribution < 1.29 is 14.6 Å². The Hall–Kier alpha value is -2.33. The van der Waals surface area contributed by atoms with Gasteiger partial charge in [0.15, 0.2) is 0 Å². The van der Waals surface area contributed by atoms with Crippen LogP contribution in [0.3, 0.4) is 0 Å². The zero-order valence-corrected chi connectivity index (χ0v) is 16.7. The number of likely N-dealkylation sites (tertiary alicyclic amines) is 1. The van der Waals surface area contributed by atoms with E-state index in [1.165, 1.54) is 5.56 Å². The van der Waals surface area contributed by atoms with Crippen LogP contribution in [0, 0.1) is 5.92 Å². The highest BCUT2D eigenvalue weighted by Gasteiger charge is 2.37. The first-order chi connectivity index (χ1) is 13.5. The number of hydrogen-bond acceptors (Lipinski definition) is 3. The third-order valence-corrected chi connectivity index (χ3v) is 6.22. The largest absolute Gasteiger partial charge is 0.493 e. The Balaban J connectivity index is 1.54. The average molecular weight is 380 g/mol. The van der Waals surface area contributed by atoms with Crippen molar-refractivity contribution in [2.24, 2.45) is 5.92 Å².